The highest BCUT2D eigenvalue weighted by Gasteiger charge is 2.23. The van der Waals surface area contributed by atoms with Crippen LogP contribution >= 0.6 is 0 Å². The molecule has 0 radical (unpaired) electrons. The van der Waals surface area contributed by atoms with Gasteiger partial charge in [0, 0.05) is 41.3 Å². The lowest BCUT2D eigenvalue weighted by atomic mass is 10.0. The summed E-state index contributed by atoms with van der Waals surface area (Å²) in [6.07, 6.45) is 5.65. The van der Waals surface area contributed by atoms with Gasteiger partial charge in [0.05, 0.1) is 29.5 Å². The molecule has 0 saturated carbocycles. The van der Waals surface area contributed by atoms with Crippen LogP contribution in [0.1, 0.15) is 36.8 Å². The van der Waals surface area contributed by atoms with Crippen molar-refractivity contribution in [3.63, 3.8) is 0 Å². The van der Waals surface area contributed by atoms with Gasteiger partial charge in [-0.25, -0.2) is 4.98 Å². The van der Waals surface area contributed by atoms with Gasteiger partial charge in [-0.2, -0.15) is 5.10 Å². The average molecular weight is 371 g/mol. The Balaban J connectivity index is 1.91. The number of rotatable bonds is 5. The Hall–Kier alpha value is -3.21. The maximum absolute atomic E-state index is 4.80. The first-order valence-corrected chi connectivity index (χ1v) is 9.68. The smallest absolute Gasteiger partial charge is 0.0964 e. The van der Waals surface area contributed by atoms with Crippen LogP contribution in [0.5, 0.6) is 0 Å². The number of aromatic nitrogens is 5. The normalized spacial score (nSPS) is 12.3. The molecule has 0 fully saturated rings. The summed E-state index contributed by atoms with van der Waals surface area (Å²) in [5.74, 6) is 0. The van der Waals surface area contributed by atoms with Crippen LogP contribution in [-0.4, -0.2) is 24.3 Å². The van der Waals surface area contributed by atoms with Crippen LogP contribution in [0.2, 0.25) is 0 Å². The van der Waals surface area contributed by atoms with Crippen molar-refractivity contribution in [3.8, 4) is 22.5 Å². The Morgan fingerprint density at radius 2 is 1.75 bits per heavy atom. The molecule has 5 nitrogen and oxygen atoms in total. The molecule has 1 unspecified atom stereocenters. The average Bonchev–Trinajstić information content (AvgIpc) is 3.30. The van der Waals surface area contributed by atoms with Crippen molar-refractivity contribution < 1.29 is 0 Å². The van der Waals surface area contributed by atoms with Gasteiger partial charge in [-0.3, -0.25) is 9.67 Å². The lowest BCUT2D eigenvalue weighted by Crippen LogP contribution is -2.10. The highest BCUT2D eigenvalue weighted by atomic mass is 15.3. The molecule has 28 heavy (non-hydrogen) atoms. The Bertz CT molecular complexity index is 1080. The minimum Gasteiger partial charge on any atom is -0.323 e. The molecule has 0 spiro atoms. The maximum Gasteiger partial charge on any atom is 0.0964 e. The third kappa shape index (κ3) is 3.03. The van der Waals surface area contributed by atoms with E-state index in [1.54, 1.807) is 6.20 Å². The summed E-state index contributed by atoms with van der Waals surface area (Å²) in [6, 6.07) is 14.5. The van der Waals surface area contributed by atoms with Crippen LogP contribution in [0.25, 0.3) is 22.5 Å². The number of hydrogen-bond acceptors (Lipinski definition) is 3. The summed E-state index contributed by atoms with van der Waals surface area (Å²) in [6.45, 7) is 9.44. The molecule has 0 aliphatic heterocycles. The van der Waals surface area contributed by atoms with Crippen molar-refractivity contribution in [2.45, 2.75) is 40.3 Å². The van der Waals surface area contributed by atoms with E-state index in [0.717, 1.165) is 34.8 Å². The van der Waals surface area contributed by atoms with E-state index in [4.69, 9.17) is 10.1 Å². The largest absolute Gasteiger partial charge is 0.323 e. The summed E-state index contributed by atoms with van der Waals surface area (Å²) in [4.78, 5) is 9.15. The first-order chi connectivity index (χ1) is 13.6. The van der Waals surface area contributed by atoms with E-state index in [2.05, 4.69) is 60.1 Å². The van der Waals surface area contributed by atoms with Gasteiger partial charge in [0.25, 0.3) is 0 Å². The number of benzene rings is 1. The number of nitrogens with zero attached hydrogens (tertiary/aromatic N) is 5. The number of imidazole rings is 1. The molecule has 142 valence electrons. The van der Waals surface area contributed by atoms with Crippen LogP contribution in [0.4, 0.5) is 0 Å². The first kappa shape index (κ1) is 18.2. The van der Waals surface area contributed by atoms with Crippen LogP contribution < -0.4 is 0 Å². The summed E-state index contributed by atoms with van der Waals surface area (Å²) < 4.78 is 4.32. The maximum atomic E-state index is 4.80. The summed E-state index contributed by atoms with van der Waals surface area (Å²) in [5, 5.41) is 4.71. The highest BCUT2D eigenvalue weighted by Crippen LogP contribution is 2.35. The van der Waals surface area contributed by atoms with E-state index >= 15 is 0 Å². The van der Waals surface area contributed by atoms with Crippen molar-refractivity contribution in [1.29, 1.82) is 0 Å². The molecule has 0 amide bonds. The van der Waals surface area contributed by atoms with Gasteiger partial charge < -0.3 is 4.57 Å². The van der Waals surface area contributed by atoms with Crippen molar-refractivity contribution in [2.24, 2.45) is 0 Å². The number of pyridine rings is 1. The zero-order chi connectivity index (χ0) is 19.7. The van der Waals surface area contributed by atoms with Gasteiger partial charge in [-0.1, -0.05) is 30.3 Å². The predicted octanol–water partition coefficient (Wildman–Crippen LogP) is 5.05. The Kier molecular flexibility index (Phi) is 4.82. The molecular weight excluding hydrogens is 346 g/mol. The summed E-state index contributed by atoms with van der Waals surface area (Å²) in [7, 11) is 0. The fourth-order valence-electron chi connectivity index (χ4n) is 4.01. The van der Waals surface area contributed by atoms with E-state index in [9.17, 15) is 0 Å². The minimum absolute atomic E-state index is 0.112. The van der Waals surface area contributed by atoms with E-state index in [-0.39, 0.29) is 6.04 Å². The van der Waals surface area contributed by atoms with Crippen molar-refractivity contribution in [2.75, 3.05) is 0 Å². The first-order valence-electron chi connectivity index (χ1n) is 9.68. The van der Waals surface area contributed by atoms with Gasteiger partial charge >= 0.3 is 0 Å². The third-order valence-corrected chi connectivity index (χ3v) is 5.35. The molecule has 0 aliphatic carbocycles. The van der Waals surface area contributed by atoms with Crippen molar-refractivity contribution in [1.82, 2.24) is 24.3 Å². The minimum atomic E-state index is 0.112. The Morgan fingerprint density at radius 3 is 2.39 bits per heavy atom. The fourth-order valence-corrected chi connectivity index (χ4v) is 4.01. The second-order valence-electron chi connectivity index (χ2n) is 7.03. The molecule has 3 heterocycles. The third-order valence-electron chi connectivity index (χ3n) is 5.35. The van der Waals surface area contributed by atoms with Crippen molar-refractivity contribution >= 4 is 0 Å². The second-order valence-corrected chi connectivity index (χ2v) is 7.03. The molecular formula is C23H25N5. The molecule has 0 N–H and O–H groups in total. The van der Waals surface area contributed by atoms with Gasteiger partial charge in [0.1, 0.15) is 0 Å². The summed E-state index contributed by atoms with van der Waals surface area (Å²) in [5.41, 5.74) is 7.74. The van der Waals surface area contributed by atoms with Gasteiger partial charge in [0.2, 0.25) is 0 Å². The molecule has 4 rings (SSSR count). The SMILES string of the molecule is CCn1nc(C)c(C(C)n2cnc(-c3ccccc3)c2-c2cccnc2)c1C. The lowest BCUT2D eigenvalue weighted by Gasteiger charge is -2.18. The second kappa shape index (κ2) is 7.43. The lowest BCUT2D eigenvalue weighted by molar-refractivity contribution is 0.618. The number of aryl methyl sites for hydroxylation is 2. The number of hydrogen-bond donors (Lipinski definition) is 0. The van der Waals surface area contributed by atoms with E-state index in [1.807, 2.05) is 36.8 Å². The topological polar surface area (TPSA) is 48.5 Å². The van der Waals surface area contributed by atoms with Gasteiger partial charge in [0.15, 0.2) is 0 Å². The molecule has 1 atom stereocenters. The van der Waals surface area contributed by atoms with Crippen LogP contribution in [0.3, 0.4) is 0 Å². The van der Waals surface area contributed by atoms with Gasteiger partial charge in [-0.05, 0) is 39.8 Å². The quantitative estimate of drug-likeness (QED) is 0.493. The molecule has 0 bridgehead atoms. The monoisotopic (exact) mass is 371 g/mol. The van der Waals surface area contributed by atoms with E-state index in [0.29, 0.717) is 0 Å². The Morgan fingerprint density at radius 1 is 1.00 bits per heavy atom. The fraction of sp³-hybridized carbons (Fsp3) is 0.261. The van der Waals surface area contributed by atoms with Crippen molar-refractivity contribution in [3.05, 3.63) is 78.1 Å². The zero-order valence-electron chi connectivity index (χ0n) is 16.8. The molecule has 0 aliphatic rings. The summed E-state index contributed by atoms with van der Waals surface area (Å²) >= 11 is 0. The van der Waals surface area contributed by atoms with Crippen LogP contribution in [-0.2, 0) is 6.54 Å². The Labute approximate surface area is 165 Å². The van der Waals surface area contributed by atoms with E-state index in [1.165, 1.54) is 11.3 Å². The molecule has 0 saturated heterocycles. The molecule has 3 aromatic heterocycles. The molecule has 1 aromatic carbocycles. The van der Waals surface area contributed by atoms with Gasteiger partial charge in [-0.15, -0.1) is 0 Å². The van der Waals surface area contributed by atoms with E-state index < -0.39 is 0 Å². The molecule has 4 aromatic rings. The highest BCUT2D eigenvalue weighted by molar-refractivity contribution is 5.78. The standard InChI is InChI=1S/C23H25N5/c1-5-28-18(4)21(16(2)26-28)17(3)27-15-25-22(19-10-7-6-8-11-19)23(27)20-12-9-13-24-14-20/h6-15,17H,5H2,1-4H3. The van der Waals surface area contributed by atoms with Crippen LogP contribution in [0.15, 0.2) is 61.2 Å². The predicted molar refractivity (Wildman–Crippen MR) is 112 cm³/mol. The molecule has 5 heteroatoms. The zero-order valence-corrected chi connectivity index (χ0v) is 16.8. The van der Waals surface area contributed by atoms with Crippen LogP contribution in [0, 0.1) is 13.8 Å².